The van der Waals surface area contributed by atoms with E-state index in [0.29, 0.717) is 17.9 Å². The third kappa shape index (κ3) is 4.66. The van der Waals surface area contributed by atoms with E-state index in [1.165, 1.54) is 7.11 Å². The fourth-order valence-corrected chi connectivity index (χ4v) is 1.73. The molecule has 16 heavy (non-hydrogen) atoms. The highest BCUT2D eigenvalue weighted by Gasteiger charge is 2.12. The maximum absolute atomic E-state index is 10.6. The number of methoxy groups -OCH3 is 1. The minimum Gasteiger partial charge on any atom is -0.493 e. The number of benzene rings is 1. The molecule has 0 bridgehead atoms. The van der Waals surface area contributed by atoms with Crippen LogP contribution in [-0.4, -0.2) is 29.7 Å². The zero-order valence-corrected chi connectivity index (χ0v) is 9.89. The molecule has 0 saturated carbocycles. The molecule has 5 nitrogen and oxygen atoms in total. The van der Waals surface area contributed by atoms with Gasteiger partial charge in [-0.15, -0.1) is 0 Å². The largest absolute Gasteiger partial charge is 0.493 e. The zero-order valence-electron chi connectivity index (χ0n) is 9.00. The van der Waals surface area contributed by atoms with E-state index in [1.54, 1.807) is 18.2 Å². The average Bonchev–Trinajstić information content (AvgIpc) is 2.23. The van der Waals surface area contributed by atoms with Crippen LogP contribution < -0.4 is 9.47 Å². The van der Waals surface area contributed by atoms with Gasteiger partial charge in [-0.1, -0.05) is 12.1 Å². The molecule has 0 amide bonds. The zero-order chi connectivity index (χ0) is 12.0. The van der Waals surface area contributed by atoms with E-state index in [-0.39, 0.29) is 12.8 Å². The first kappa shape index (κ1) is 13.0. The number of para-hydroxylation sites is 2. The Bertz CT molecular complexity index is 373. The molecule has 2 N–H and O–H groups in total. The van der Waals surface area contributed by atoms with Crippen molar-refractivity contribution in [3.8, 4) is 11.5 Å². The second-order valence-corrected chi connectivity index (χ2v) is 5.02. The van der Waals surface area contributed by atoms with Crippen molar-refractivity contribution in [2.45, 2.75) is 6.42 Å². The van der Waals surface area contributed by atoms with Crippen LogP contribution >= 0.6 is 7.60 Å². The monoisotopic (exact) mass is 246 g/mol. The second kappa shape index (κ2) is 5.89. The summed E-state index contributed by atoms with van der Waals surface area (Å²) < 4.78 is 21.0. The van der Waals surface area contributed by atoms with Crippen molar-refractivity contribution in [3.05, 3.63) is 24.3 Å². The molecule has 6 heteroatoms. The minimum absolute atomic E-state index is 0.165. The Morgan fingerprint density at radius 1 is 1.25 bits per heavy atom. The van der Waals surface area contributed by atoms with Crippen molar-refractivity contribution in [2.75, 3.05) is 19.9 Å². The first-order valence-corrected chi connectivity index (χ1v) is 6.63. The fraction of sp³-hybridized carbons (Fsp3) is 0.400. The maximum Gasteiger partial charge on any atom is 0.325 e. The standard InChI is InChI=1S/C10H15O5P/c1-14-9-5-2-3-6-10(9)15-7-4-8-16(11,12)13/h2-3,5-6H,4,7-8H2,1H3,(H2,11,12,13). The van der Waals surface area contributed by atoms with Gasteiger partial charge in [0.05, 0.1) is 19.9 Å². The summed E-state index contributed by atoms with van der Waals surface area (Å²) in [4.78, 5) is 17.3. The van der Waals surface area contributed by atoms with Gasteiger partial charge in [0.25, 0.3) is 0 Å². The van der Waals surface area contributed by atoms with Gasteiger partial charge >= 0.3 is 7.60 Å². The average molecular weight is 246 g/mol. The second-order valence-electron chi connectivity index (χ2n) is 3.24. The number of hydrogen-bond donors (Lipinski definition) is 2. The Labute approximate surface area is 94.2 Å². The summed E-state index contributed by atoms with van der Waals surface area (Å²) >= 11 is 0. The molecular weight excluding hydrogens is 231 g/mol. The molecular formula is C10H15O5P. The molecule has 0 aliphatic heterocycles. The first-order chi connectivity index (χ1) is 7.53. The third-order valence-corrected chi connectivity index (χ3v) is 2.82. The van der Waals surface area contributed by atoms with E-state index in [9.17, 15) is 4.57 Å². The molecule has 0 aliphatic carbocycles. The summed E-state index contributed by atoms with van der Waals surface area (Å²) in [5.41, 5.74) is 0. The molecule has 0 saturated heterocycles. The van der Waals surface area contributed by atoms with E-state index in [1.807, 2.05) is 6.07 Å². The smallest absolute Gasteiger partial charge is 0.325 e. The van der Waals surface area contributed by atoms with Crippen molar-refractivity contribution < 1.29 is 23.8 Å². The minimum atomic E-state index is -3.92. The van der Waals surface area contributed by atoms with Gasteiger partial charge in [0.1, 0.15) is 0 Å². The Morgan fingerprint density at radius 3 is 2.44 bits per heavy atom. The lowest BCUT2D eigenvalue weighted by Crippen LogP contribution is -2.01. The van der Waals surface area contributed by atoms with Gasteiger partial charge in [0.2, 0.25) is 0 Å². The molecule has 0 aliphatic rings. The lowest BCUT2D eigenvalue weighted by Gasteiger charge is -2.10. The summed E-state index contributed by atoms with van der Waals surface area (Å²) in [6, 6.07) is 7.14. The number of rotatable bonds is 6. The van der Waals surface area contributed by atoms with E-state index in [0.717, 1.165) is 0 Å². The van der Waals surface area contributed by atoms with Gasteiger partial charge in [-0.3, -0.25) is 4.57 Å². The van der Waals surface area contributed by atoms with Gasteiger partial charge < -0.3 is 19.3 Å². The van der Waals surface area contributed by atoms with Gasteiger partial charge in [0, 0.05) is 0 Å². The highest BCUT2D eigenvalue weighted by molar-refractivity contribution is 7.51. The van der Waals surface area contributed by atoms with Crippen molar-refractivity contribution in [1.82, 2.24) is 0 Å². The Kier molecular flexibility index (Phi) is 4.80. The number of ether oxygens (including phenoxy) is 2. The normalized spacial score (nSPS) is 11.2. The molecule has 0 aromatic heterocycles. The first-order valence-electron chi connectivity index (χ1n) is 4.83. The van der Waals surface area contributed by atoms with E-state index in [2.05, 4.69) is 0 Å². The van der Waals surface area contributed by atoms with Crippen LogP contribution in [-0.2, 0) is 4.57 Å². The van der Waals surface area contributed by atoms with Crippen LogP contribution in [0.3, 0.4) is 0 Å². The predicted molar refractivity (Wildman–Crippen MR) is 60.0 cm³/mol. The Hall–Kier alpha value is -1.03. The van der Waals surface area contributed by atoms with Crippen molar-refractivity contribution in [2.24, 2.45) is 0 Å². The summed E-state index contributed by atoms with van der Waals surface area (Å²) in [5.74, 6) is 1.19. The van der Waals surface area contributed by atoms with Crippen molar-refractivity contribution in [3.63, 3.8) is 0 Å². The lowest BCUT2D eigenvalue weighted by atomic mass is 10.3. The molecule has 90 valence electrons. The van der Waals surface area contributed by atoms with Gasteiger partial charge in [0.15, 0.2) is 11.5 Å². The molecule has 0 heterocycles. The molecule has 0 spiro atoms. The van der Waals surface area contributed by atoms with Crippen LogP contribution in [0.25, 0.3) is 0 Å². The van der Waals surface area contributed by atoms with Gasteiger partial charge in [-0.2, -0.15) is 0 Å². The van der Waals surface area contributed by atoms with E-state index >= 15 is 0 Å². The predicted octanol–water partition coefficient (Wildman–Crippen LogP) is 1.64. The molecule has 1 aromatic carbocycles. The number of hydrogen-bond acceptors (Lipinski definition) is 3. The Morgan fingerprint density at radius 2 is 1.88 bits per heavy atom. The van der Waals surface area contributed by atoms with Crippen LogP contribution in [0.2, 0.25) is 0 Å². The molecule has 1 rings (SSSR count). The van der Waals surface area contributed by atoms with Crippen LogP contribution in [0.5, 0.6) is 11.5 Å². The fourth-order valence-electron chi connectivity index (χ4n) is 1.19. The SMILES string of the molecule is COc1ccccc1OCCCP(=O)(O)O. The summed E-state index contributed by atoms with van der Waals surface area (Å²) in [6.07, 6.45) is 0.143. The van der Waals surface area contributed by atoms with Gasteiger partial charge in [-0.25, -0.2) is 0 Å². The van der Waals surface area contributed by atoms with Crippen molar-refractivity contribution >= 4 is 7.60 Å². The molecule has 0 atom stereocenters. The molecule has 0 fully saturated rings. The van der Waals surface area contributed by atoms with Crippen LogP contribution in [0.4, 0.5) is 0 Å². The topological polar surface area (TPSA) is 76.0 Å². The summed E-state index contributed by atoms with van der Waals surface area (Å²) in [6.45, 7) is 0.255. The summed E-state index contributed by atoms with van der Waals surface area (Å²) in [5, 5.41) is 0. The van der Waals surface area contributed by atoms with E-state index in [4.69, 9.17) is 19.3 Å². The van der Waals surface area contributed by atoms with Gasteiger partial charge in [-0.05, 0) is 18.6 Å². The maximum atomic E-state index is 10.6. The van der Waals surface area contributed by atoms with Crippen LogP contribution in [0.15, 0.2) is 24.3 Å². The van der Waals surface area contributed by atoms with Crippen LogP contribution in [0.1, 0.15) is 6.42 Å². The third-order valence-electron chi connectivity index (χ3n) is 1.92. The molecule has 1 aromatic rings. The highest BCUT2D eigenvalue weighted by Crippen LogP contribution is 2.35. The van der Waals surface area contributed by atoms with Crippen molar-refractivity contribution in [1.29, 1.82) is 0 Å². The quantitative estimate of drug-likeness (QED) is 0.589. The Balaban J connectivity index is 2.40. The van der Waals surface area contributed by atoms with Crippen LogP contribution in [0, 0.1) is 0 Å². The molecule has 0 radical (unpaired) electrons. The van der Waals surface area contributed by atoms with E-state index < -0.39 is 7.60 Å². The summed E-state index contributed by atoms with van der Waals surface area (Å²) in [7, 11) is -2.38. The highest BCUT2D eigenvalue weighted by atomic mass is 31.2. The lowest BCUT2D eigenvalue weighted by molar-refractivity contribution is 0.290. The molecule has 0 unspecified atom stereocenters.